The van der Waals surface area contributed by atoms with Gasteiger partial charge >= 0.3 is 0 Å². The molecule has 0 aliphatic carbocycles. The number of anilines is 1. The molecule has 0 fully saturated rings. The fourth-order valence-corrected chi connectivity index (χ4v) is 3.71. The number of carbonyl (C=O) groups excluding carboxylic acids is 2. The highest BCUT2D eigenvalue weighted by Crippen LogP contribution is 2.20. The number of carbonyl (C=O) groups is 2. The van der Waals surface area contributed by atoms with Gasteiger partial charge in [-0.3, -0.25) is 9.59 Å². The third-order valence-corrected chi connectivity index (χ3v) is 5.45. The van der Waals surface area contributed by atoms with E-state index >= 15 is 0 Å². The molecule has 132 valence electrons. The number of Topliss-reactive ketones (excluding diaryl/α,β-unsaturated/α-hetero) is 1. The van der Waals surface area contributed by atoms with E-state index in [1.807, 2.05) is 43.5 Å². The third kappa shape index (κ3) is 4.56. The molecular formula is C19H17N3O2S2. The monoisotopic (exact) mass is 383 g/mol. The van der Waals surface area contributed by atoms with Gasteiger partial charge in [0.1, 0.15) is 5.03 Å². The van der Waals surface area contributed by atoms with Crippen molar-refractivity contribution < 1.29 is 9.59 Å². The lowest BCUT2D eigenvalue weighted by Crippen LogP contribution is -2.12. The van der Waals surface area contributed by atoms with E-state index in [2.05, 4.69) is 15.5 Å². The van der Waals surface area contributed by atoms with Crippen LogP contribution in [0.4, 0.5) is 5.82 Å². The molecule has 0 saturated carbocycles. The number of thiophene rings is 1. The number of hydrogen-bond acceptors (Lipinski definition) is 6. The van der Waals surface area contributed by atoms with E-state index in [9.17, 15) is 9.59 Å². The Bertz CT molecular complexity index is 922. The summed E-state index contributed by atoms with van der Waals surface area (Å²) in [6.07, 6.45) is 0. The molecule has 2 aromatic heterocycles. The number of amides is 1. The molecular weight excluding hydrogens is 366 g/mol. The molecule has 1 amide bonds. The highest BCUT2D eigenvalue weighted by molar-refractivity contribution is 7.99. The number of aromatic nitrogens is 2. The van der Waals surface area contributed by atoms with Crippen molar-refractivity contribution in [3.63, 3.8) is 0 Å². The zero-order valence-corrected chi connectivity index (χ0v) is 16.0. The summed E-state index contributed by atoms with van der Waals surface area (Å²) in [6.45, 7) is 3.94. The van der Waals surface area contributed by atoms with Crippen LogP contribution >= 0.6 is 23.1 Å². The van der Waals surface area contributed by atoms with Crippen molar-refractivity contribution in [3.05, 3.63) is 69.4 Å². The van der Waals surface area contributed by atoms with Crippen molar-refractivity contribution in [3.8, 4) is 0 Å². The Labute approximate surface area is 159 Å². The second-order valence-electron chi connectivity index (χ2n) is 5.72. The SMILES string of the molecule is Cc1ccc(C(=O)CSc2ccc(NC(=O)c3cccs3)nn2)c(C)c1. The smallest absolute Gasteiger partial charge is 0.266 e. The normalized spacial score (nSPS) is 10.5. The van der Waals surface area contributed by atoms with Crippen molar-refractivity contribution in [1.82, 2.24) is 10.2 Å². The number of thioether (sulfide) groups is 1. The minimum Gasteiger partial charge on any atom is -0.304 e. The maximum Gasteiger partial charge on any atom is 0.266 e. The van der Waals surface area contributed by atoms with Gasteiger partial charge in [0.15, 0.2) is 11.6 Å². The van der Waals surface area contributed by atoms with Crippen LogP contribution in [-0.4, -0.2) is 27.6 Å². The highest BCUT2D eigenvalue weighted by atomic mass is 32.2. The molecule has 5 nitrogen and oxygen atoms in total. The van der Waals surface area contributed by atoms with Gasteiger partial charge in [0.25, 0.3) is 5.91 Å². The lowest BCUT2D eigenvalue weighted by atomic mass is 10.0. The molecule has 3 aromatic rings. The van der Waals surface area contributed by atoms with Crippen molar-refractivity contribution in [2.24, 2.45) is 0 Å². The van der Waals surface area contributed by atoms with Crippen LogP contribution in [0.25, 0.3) is 0 Å². The molecule has 1 N–H and O–H groups in total. The average molecular weight is 383 g/mol. The van der Waals surface area contributed by atoms with Crippen molar-refractivity contribution in [2.45, 2.75) is 18.9 Å². The summed E-state index contributed by atoms with van der Waals surface area (Å²) in [4.78, 5) is 25.0. The number of nitrogens with zero attached hydrogens (tertiary/aromatic N) is 2. The Kier molecular flexibility index (Phi) is 5.80. The molecule has 0 saturated heterocycles. The van der Waals surface area contributed by atoms with Gasteiger partial charge in [0.2, 0.25) is 0 Å². The predicted octanol–water partition coefficient (Wildman–Crippen LogP) is 4.38. The zero-order chi connectivity index (χ0) is 18.5. The van der Waals surface area contributed by atoms with Crippen molar-refractivity contribution in [2.75, 3.05) is 11.1 Å². The number of benzene rings is 1. The van der Waals surface area contributed by atoms with Gasteiger partial charge in [0.05, 0.1) is 10.6 Å². The first-order chi connectivity index (χ1) is 12.5. The quantitative estimate of drug-likeness (QED) is 0.505. The van der Waals surface area contributed by atoms with Crippen LogP contribution in [0.3, 0.4) is 0 Å². The molecule has 2 heterocycles. The molecule has 0 spiro atoms. The molecule has 1 aromatic carbocycles. The molecule has 0 bridgehead atoms. The van der Waals surface area contributed by atoms with Gasteiger partial charge < -0.3 is 5.32 Å². The average Bonchev–Trinajstić information content (AvgIpc) is 3.16. The number of nitrogens with one attached hydrogen (secondary N) is 1. The topological polar surface area (TPSA) is 72.0 Å². The minimum atomic E-state index is -0.209. The number of hydrogen-bond donors (Lipinski definition) is 1. The van der Waals surface area contributed by atoms with Gasteiger partial charge in [-0.25, -0.2) is 0 Å². The van der Waals surface area contributed by atoms with Gasteiger partial charge in [-0.05, 0) is 43.0 Å². The lowest BCUT2D eigenvalue weighted by molar-refractivity contribution is 0.101. The van der Waals surface area contributed by atoms with Crippen molar-refractivity contribution >= 4 is 40.6 Å². The van der Waals surface area contributed by atoms with Crippen LogP contribution in [0.2, 0.25) is 0 Å². The van der Waals surface area contributed by atoms with Gasteiger partial charge in [-0.1, -0.05) is 41.6 Å². The van der Waals surface area contributed by atoms with Gasteiger partial charge in [0, 0.05) is 5.56 Å². The first-order valence-corrected chi connectivity index (χ1v) is 9.81. The summed E-state index contributed by atoms with van der Waals surface area (Å²) < 4.78 is 0. The van der Waals surface area contributed by atoms with E-state index in [0.29, 0.717) is 21.5 Å². The molecule has 7 heteroatoms. The second kappa shape index (κ2) is 8.25. The Hall–Kier alpha value is -2.51. The summed E-state index contributed by atoms with van der Waals surface area (Å²) in [5, 5.41) is 13.2. The number of rotatable bonds is 6. The van der Waals surface area contributed by atoms with E-state index in [-0.39, 0.29) is 11.7 Å². The molecule has 0 aliphatic heterocycles. The molecule has 0 unspecified atom stereocenters. The van der Waals surface area contributed by atoms with E-state index in [1.165, 1.54) is 23.1 Å². The van der Waals surface area contributed by atoms with Crippen molar-refractivity contribution in [1.29, 1.82) is 0 Å². The Morgan fingerprint density at radius 2 is 1.96 bits per heavy atom. The fourth-order valence-electron chi connectivity index (χ4n) is 2.39. The predicted molar refractivity (Wildman–Crippen MR) is 105 cm³/mol. The number of aryl methyl sites for hydroxylation is 2. The standard InChI is InChI=1S/C19H17N3O2S2/c1-12-5-6-14(13(2)10-12)15(23)11-26-18-8-7-17(21-22-18)20-19(24)16-4-3-9-25-16/h3-10H,11H2,1-2H3,(H,20,21,24). The van der Waals surface area contributed by atoms with Crippen LogP contribution in [0.15, 0.2) is 52.9 Å². The first kappa shape index (κ1) is 18.3. The number of ketones is 1. The van der Waals surface area contributed by atoms with Crippen LogP contribution in [0, 0.1) is 13.8 Å². The molecule has 26 heavy (non-hydrogen) atoms. The van der Waals surface area contributed by atoms with Crippen LogP contribution in [0.5, 0.6) is 0 Å². The minimum absolute atomic E-state index is 0.0596. The lowest BCUT2D eigenvalue weighted by Gasteiger charge is -2.06. The van der Waals surface area contributed by atoms with Crippen LogP contribution in [0.1, 0.15) is 31.2 Å². The Balaban J connectivity index is 1.57. The van der Waals surface area contributed by atoms with Crippen LogP contribution < -0.4 is 5.32 Å². The van der Waals surface area contributed by atoms with E-state index in [0.717, 1.165) is 16.7 Å². The van der Waals surface area contributed by atoms with E-state index < -0.39 is 0 Å². The van der Waals surface area contributed by atoms with Gasteiger partial charge in [-0.2, -0.15) is 0 Å². The maximum absolute atomic E-state index is 12.4. The summed E-state index contributed by atoms with van der Waals surface area (Å²) in [5.74, 6) is 0.525. The Morgan fingerprint density at radius 3 is 2.62 bits per heavy atom. The maximum atomic E-state index is 12.4. The third-order valence-electron chi connectivity index (χ3n) is 3.66. The summed E-state index contributed by atoms with van der Waals surface area (Å²) >= 11 is 2.69. The molecule has 0 radical (unpaired) electrons. The summed E-state index contributed by atoms with van der Waals surface area (Å²) in [6, 6.07) is 12.8. The molecule has 0 atom stereocenters. The molecule has 0 aliphatic rings. The fraction of sp³-hybridized carbons (Fsp3) is 0.158. The Morgan fingerprint density at radius 1 is 1.12 bits per heavy atom. The second-order valence-corrected chi connectivity index (χ2v) is 7.66. The van der Waals surface area contributed by atoms with E-state index in [4.69, 9.17) is 0 Å². The van der Waals surface area contributed by atoms with Gasteiger partial charge in [-0.15, -0.1) is 21.5 Å². The summed E-state index contributed by atoms with van der Waals surface area (Å²) in [5.41, 5.74) is 2.85. The largest absolute Gasteiger partial charge is 0.304 e. The highest BCUT2D eigenvalue weighted by Gasteiger charge is 2.11. The van der Waals surface area contributed by atoms with E-state index in [1.54, 1.807) is 18.2 Å². The molecule has 3 rings (SSSR count). The van der Waals surface area contributed by atoms with Crippen LogP contribution in [-0.2, 0) is 0 Å². The zero-order valence-electron chi connectivity index (χ0n) is 14.4. The first-order valence-electron chi connectivity index (χ1n) is 7.95. The summed E-state index contributed by atoms with van der Waals surface area (Å²) in [7, 11) is 0.